The van der Waals surface area contributed by atoms with E-state index in [4.69, 9.17) is 4.74 Å². The number of aromatic nitrogens is 1. The van der Waals surface area contributed by atoms with Gasteiger partial charge in [-0.1, -0.05) is 48.5 Å². The first-order valence-electron chi connectivity index (χ1n) is 10.9. The van der Waals surface area contributed by atoms with Gasteiger partial charge in [0.15, 0.2) is 0 Å². The Morgan fingerprint density at radius 3 is 2.41 bits per heavy atom. The normalized spacial score (nSPS) is 14.4. The van der Waals surface area contributed by atoms with Crippen LogP contribution in [0, 0.1) is 0 Å². The first kappa shape index (κ1) is 20.2. The molecule has 0 N–H and O–H groups in total. The molecule has 0 unspecified atom stereocenters. The van der Waals surface area contributed by atoms with Crippen molar-refractivity contribution in [2.24, 2.45) is 0 Å². The van der Waals surface area contributed by atoms with E-state index >= 15 is 0 Å². The van der Waals surface area contributed by atoms with Crippen LogP contribution in [-0.4, -0.2) is 46.9 Å². The Balaban J connectivity index is 1.22. The molecule has 1 aliphatic rings. The lowest BCUT2D eigenvalue weighted by molar-refractivity contribution is 0.0628. The van der Waals surface area contributed by atoms with E-state index in [1.54, 1.807) is 0 Å². The summed E-state index contributed by atoms with van der Waals surface area (Å²) < 4.78 is 5.89. The van der Waals surface area contributed by atoms with Crippen LogP contribution < -0.4 is 4.74 Å². The van der Waals surface area contributed by atoms with E-state index in [9.17, 15) is 4.79 Å². The van der Waals surface area contributed by atoms with Gasteiger partial charge in [-0.15, -0.1) is 0 Å². The zero-order valence-corrected chi connectivity index (χ0v) is 17.9. The van der Waals surface area contributed by atoms with Crippen LogP contribution in [0.25, 0.3) is 10.9 Å². The van der Waals surface area contributed by atoms with Crippen molar-refractivity contribution in [1.29, 1.82) is 0 Å². The van der Waals surface area contributed by atoms with Crippen molar-refractivity contribution in [3.05, 3.63) is 102 Å². The summed E-state index contributed by atoms with van der Waals surface area (Å²) in [6.07, 6.45) is 1.85. The van der Waals surface area contributed by atoms with Crippen LogP contribution in [0.3, 0.4) is 0 Å². The van der Waals surface area contributed by atoms with Gasteiger partial charge in [0.1, 0.15) is 11.5 Å². The van der Waals surface area contributed by atoms with Crippen LogP contribution in [0.15, 0.2) is 91.1 Å². The summed E-state index contributed by atoms with van der Waals surface area (Å²) in [4.78, 5) is 22.0. The Morgan fingerprint density at radius 1 is 0.812 bits per heavy atom. The average Bonchev–Trinajstić information content (AvgIpc) is 2.85. The second-order valence-electron chi connectivity index (χ2n) is 8.00. The standard InChI is InChI=1S/C27H25N3O2/c31-27(22-8-5-13-25(19-22)32-24-11-2-1-3-12-24)30-17-15-29(16-18-30)20-23-9-4-7-21-10-6-14-28-26(21)23/h1-14,19H,15-18,20H2. The largest absolute Gasteiger partial charge is 0.457 e. The van der Waals surface area contributed by atoms with E-state index in [-0.39, 0.29) is 5.91 Å². The van der Waals surface area contributed by atoms with E-state index in [1.807, 2.05) is 71.8 Å². The Morgan fingerprint density at radius 2 is 1.56 bits per heavy atom. The topological polar surface area (TPSA) is 45.7 Å². The van der Waals surface area contributed by atoms with Crippen LogP contribution in [0.2, 0.25) is 0 Å². The summed E-state index contributed by atoms with van der Waals surface area (Å²) in [6, 6.07) is 27.4. The van der Waals surface area contributed by atoms with Gasteiger partial charge in [-0.2, -0.15) is 0 Å². The van der Waals surface area contributed by atoms with Crippen molar-refractivity contribution in [1.82, 2.24) is 14.8 Å². The highest BCUT2D eigenvalue weighted by Crippen LogP contribution is 2.23. The van der Waals surface area contributed by atoms with Gasteiger partial charge in [0.05, 0.1) is 5.52 Å². The number of ether oxygens (including phenoxy) is 1. The lowest BCUT2D eigenvalue weighted by Crippen LogP contribution is -2.48. The molecule has 0 spiro atoms. The summed E-state index contributed by atoms with van der Waals surface area (Å²) in [6.45, 7) is 3.95. The first-order chi connectivity index (χ1) is 15.8. The van der Waals surface area contributed by atoms with Crippen LogP contribution in [0.4, 0.5) is 0 Å². The molecule has 1 aromatic heterocycles. The zero-order chi connectivity index (χ0) is 21.8. The minimum Gasteiger partial charge on any atom is -0.457 e. The van der Waals surface area contributed by atoms with Crippen LogP contribution >= 0.6 is 0 Å². The summed E-state index contributed by atoms with van der Waals surface area (Å²) in [5.41, 5.74) is 2.95. The molecule has 32 heavy (non-hydrogen) atoms. The smallest absolute Gasteiger partial charge is 0.254 e. The van der Waals surface area contributed by atoms with Crippen LogP contribution in [0.5, 0.6) is 11.5 Å². The predicted octanol–water partition coefficient (Wildman–Crippen LogP) is 4.99. The molecule has 5 nitrogen and oxygen atoms in total. The number of fused-ring (bicyclic) bond motifs is 1. The van der Waals surface area contributed by atoms with Crippen molar-refractivity contribution in [2.45, 2.75) is 6.54 Å². The fraction of sp³-hybridized carbons (Fsp3) is 0.185. The Hall–Kier alpha value is -3.70. The predicted molar refractivity (Wildman–Crippen MR) is 126 cm³/mol. The van der Waals surface area contributed by atoms with Crippen molar-refractivity contribution >= 4 is 16.8 Å². The molecule has 1 amide bonds. The molecule has 4 aromatic rings. The number of hydrogen-bond donors (Lipinski definition) is 0. The van der Waals surface area contributed by atoms with E-state index in [0.717, 1.165) is 36.3 Å². The summed E-state index contributed by atoms with van der Waals surface area (Å²) in [5, 5.41) is 1.16. The number of carbonyl (C=O) groups is 1. The molecule has 1 saturated heterocycles. The minimum absolute atomic E-state index is 0.0509. The summed E-state index contributed by atoms with van der Waals surface area (Å²) in [7, 11) is 0. The number of nitrogens with zero attached hydrogens (tertiary/aromatic N) is 3. The average molecular weight is 424 g/mol. The molecule has 1 aliphatic heterocycles. The SMILES string of the molecule is O=C(c1cccc(Oc2ccccc2)c1)N1CCN(Cc2cccc3cccnc23)CC1. The molecular weight excluding hydrogens is 398 g/mol. The Kier molecular flexibility index (Phi) is 5.81. The number of pyridine rings is 1. The van der Waals surface area contributed by atoms with E-state index in [1.165, 1.54) is 5.56 Å². The van der Waals surface area contributed by atoms with Crippen molar-refractivity contribution in [3.8, 4) is 11.5 Å². The van der Waals surface area contributed by atoms with Gasteiger partial charge in [-0.3, -0.25) is 14.7 Å². The number of benzene rings is 3. The second-order valence-corrected chi connectivity index (χ2v) is 8.00. The first-order valence-corrected chi connectivity index (χ1v) is 10.9. The lowest BCUT2D eigenvalue weighted by Gasteiger charge is -2.35. The van der Waals surface area contributed by atoms with Gasteiger partial charge in [0.25, 0.3) is 5.91 Å². The zero-order valence-electron chi connectivity index (χ0n) is 17.9. The number of para-hydroxylation sites is 2. The highest BCUT2D eigenvalue weighted by Gasteiger charge is 2.23. The number of hydrogen-bond acceptors (Lipinski definition) is 4. The maximum Gasteiger partial charge on any atom is 0.254 e. The monoisotopic (exact) mass is 423 g/mol. The molecule has 0 bridgehead atoms. The van der Waals surface area contributed by atoms with Crippen molar-refractivity contribution in [3.63, 3.8) is 0 Å². The molecule has 0 atom stereocenters. The quantitative estimate of drug-likeness (QED) is 0.454. The van der Waals surface area contributed by atoms with Gasteiger partial charge in [-0.25, -0.2) is 0 Å². The Labute approximate surface area is 187 Å². The van der Waals surface area contributed by atoms with Crippen LogP contribution in [-0.2, 0) is 6.54 Å². The molecule has 5 rings (SSSR count). The maximum atomic E-state index is 13.1. The van der Waals surface area contributed by atoms with E-state index in [0.29, 0.717) is 24.4 Å². The molecule has 0 saturated carbocycles. The lowest BCUT2D eigenvalue weighted by atomic mass is 10.1. The second kappa shape index (κ2) is 9.20. The maximum absolute atomic E-state index is 13.1. The molecule has 160 valence electrons. The van der Waals surface area contributed by atoms with Crippen LogP contribution in [0.1, 0.15) is 15.9 Å². The van der Waals surface area contributed by atoms with E-state index in [2.05, 4.69) is 34.1 Å². The van der Waals surface area contributed by atoms with Gasteiger partial charge >= 0.3 is 0 Å². The number of piperazine rings is 1. The van der Waals surface area contributed by atoms with Gasteiger partial charge in [-0.05, 0) is 42.0 Å². The fourth-order valence-electron chi connectivity index (χ4n) is 4.14. The highest BCUT2D eigenvalue weighted by atomic mass is 16.5. The third-order valence-electron chi connectivity index (χ3n) is 5.83. The summed E-state index contributed by atoms with van der Waals surface area (Å²) in [5.74, 6) is 1.48. The Bertz CT molecular complexity index is 1210. The molecule has 5 heteroatoms. The van der Waals surface area contributed by atoms with Crippen molar-refractivity contribution in [2.75, 3.05) is 26.2 Å². The molecule has 3 aromatic carbocycles. The number of rotatable bonds is 5. The minimum atomic E-state index is 0.0509. The molecule has 0 radical (unpaired) electrons. The molecule has 0 aliphatic carbocycles. The third-order valence-corrected chi connectivity index (χ3v) is 5.83. The highest BCUT2D eigenvalue weighted by molar-refractivity contribution is 5.94. The molecule has 2 heterocycles. The van der Waals surface area contributed by atoms with Gasteiger partial charge < -0.3 is 9.64 Å². The molecule has 1 fully saturated rings. The van der Waals surface area contributed by atoms with Gasteiger partial charge in [0, 0.05) is 49.9 Å². The molecular formula is C27H25N3O2. The number of amides is 1. The third kappa shape index (κ3) is 4.48. The number of carbonyl (C=O) groups excluding carboxylic acids is 1. The fourth-order valence-corrected chi connectivity index (χ4v) is 4.14. The van der Waals surface area contributed by atoms with E-state index < -0.39 is 0 Å². The summed E-state index contributed by atoms with van der Waals surface area (Å²) >= 11 is 0. The van der Waals surface area contributed by atoms with Gasteiger partial charge in [0.2, 0.25) is 0 Å². The van der Waals surface area contributed by atoms with Crippen molar-refractivity contribution < 1.29 is 9.53 Å².